The number of carbonyl (C=O) groups is 3. The minimum absolute atomic E-state index is 0.0952. The lowest BCUT2D eigenvalue weighted by Crippen LogP contribution is -2.43. The summed E-state index contributed by atoms with van der Waals surface area (Å²) >= 11 is 0. The summed E-state index contributed by atoms with van der Waals surface area (Å²) in [7, 11) is 1.40. The summed E-state index contributed by atoms with van der Waals surface area (Å²) in [6, 6.07) is 26.1. The zero-order valence-corrected chi connectivity index (χ0v) is 31.1. The van der Waals surface area contributed by atoms with Crippen LogP contribution < -0.4 is 0 Å². The number of aromatic amines is 2. The van der Waals surface area contributed by atoms with Gasteiger partial charge in [-0.2, -0.15) is 0 Å². The Bertz CT molecular complexity index is 2060. The SMILES string of the molecule is CCN(CC)[C@@H](C(=O)N1CCC[C@H]1c1ncc(-c2ccc(-c3ccc(-c4cnc([C@@H]5CCCN5C(=O)CN(C)C(=O)O)[nH]4)cc3)cc2)[nH]1)c1ccccc1. The van der Waals surface area contributed by atoms with E-state index in [2.05, 4.69) is 94.4 Å². The summed E-state index contributed by atoms with van der Waals surface area (Å²) in [5, 5.41) is 9.18. The number of carbonyl (C=O) groups excluding carboxylic acids is 2. The Morgan fingerprint density at radius 1 is 0.741 bits per heavy atom. The van der Waals surface area contributed by atoms with Crippen molar-refractivity contribution in [3.8, 4) is 33.6 Å². The van der Waals surface area contributed by atoms with Gasteiger partial charge in [-0.1, -0.05) is 92.7 Å². The molecule has 2 aliphatic heterocycles. The molecule has 0 radical (unpaired) electrons. The molecule has 0 unspecified atom stereocenters. The first-order valence-corrected chi connectivity index (χ1v) is 18.9. The highest BCUT2D eigenvalue weighted by Gasteiger charge is 2.38. The lowest BCUT2D eigenvalue weighted by molar-refractivity contribution is -0.138. The fourth-order valence-corrected chi connectivity index (χ4v) is 7.91. The summed E-state index contributed by atoms with van der Waals surface area (Å²) in [5.74, 6) is 1.43. The Labute approximate surface area is 315 Å². The summed E-state index contributed by atoms with van der Waals surface area (Å²) in [4.78, 5) is 61.5. The molecule has 3 atom stereocenters. The van der Waals surface area contributed by atoms with Crippen molar-refractivity contribution >= 4 is 17.9 Å². The number of hydrogen-bond donors (Lipinski definition) is 3. The van der Waals surface area contributed by atoms with E-state index in [9.17, 15) is 19.5 Å². The third kappa shape index (κ3) is 7.52. The van der Waals surface area contributed by atoms with Crippen molar-refractivity contribution in [1.82, 2.24) is 39.5 Å². The Morgan fingerprint density at radius 3 is 1.72 bits per heavy atom. The molecule has 7 rings (SSSR count). The van der Waals surface area contributed by atoms with E-state index in [4.69, 9.17) is 4.98 Å². The molecule has 3 aromatic carbocycles. The van der Waals surface area contributed by atoms with E-state index in [1.54, 1.807) is 11.1 Å². The standard InChI is InChI=1S/C42H48N8O4/c1-4-48(5-2)38(32-11-7-6-8-12-32)41(52)50-24-10-14-36(50)40-44-26-34(46-40)31-21-17-29(18-22-31)28-15-19-30(20-16-28)33-25-43-39(45-33)35-13-9-23-49(35)37(51)27-47(3)42(53)54/h6-8,11-12,15-22,25-26,35-36,38H,4-5,9-10,13-14,23-24,27H2,1-3H3,(H,43,45)(H,44,46)(H,53,54)/t35-,36-,38+/m0/s1. The number of likely N-dealkylation sites (N-methyl/N-ethyl adjacent to an activating group) is 2. The second-order valence-corrected chi connectivity index (χ2v) is 14.1. The summed E-state index contributed by atoms with van der Waals surface area (Å²) < 4.78 is 0. The largest absolute Gasteiger partial charge is 0.465 e. The highest BCUT2D eigenvalue weighted by molar-refractivity contribution is 5.84. The van der Waals surface area contributed by atoms with Crippen molar-refractivity contribution in [3.05, 3.63) is 108 Å². The van der Waals surface area contributed by atoms with Crippen LogP contribution in [0.5, 0.6) is 0 Å². The number of amides is 3. The summed E-state index contributed by atoms with van der Waals surface area (Å²) in [6.45, 7) is 6.91. The molecular weight excluding hydrogens is 681 g/mol. The second kappa shape index (κ2) is 16.1. The van der Waals surface area contributed by atoms with E-state index >= 15 is 0 Å². The predicted molar refractivity (Wildman–Crippen MR) is 207 cm³/mol. The molecule has 3 N–H and O–H groups in total. The van der Waals surface area contributed by atoms with Crippen LogP contribution in [0.25, 0.3) is 33.6 Å². The lowest BCUT2D eigenvalue weighted by Gasteiger charge is -2.34. The fourth-order valence-electron chi connectivity index (χ4n) is 7.91. The van der Waals surface area contributed by atoms with E-state index in [1.165, 1.54) is 7.05 Å². The number of imidazole rings is 2. The third-order valence-electron chi connectivity index (χ3n) is 10.9. The molecule has 0 saturated carbocycles. The van der Waals surface area contributed by atoms with Crippen LogP contribution in [0, 0.1) is 0 Å². The van der Waals surface area contributed by atoms with Gasteiger partial charge in [0.1, 0.15) is 24.2 Å². The molecule has 12 nitrogen and oxygen atoms in total. The maximum atomic E-state index is 14.2. The number of hydrogen-bond acceptors (Lipinski definition) is 6. The highest BCUT2D eigenvalue weighted by Crippen LogP contribution is 2.36. The van der Waals surface area contributed by atoms with Crippen molar-refractivity contribution in [2.75, 3.05) is 39.8 Å². The molecule has 5 aromatic rings. The molecular formula is C42H48N8O4. The van der Waals surface area contributed by atoms with E-state index in [0.29, 0.717) is 18.9 Å². The summed E-state index contributed by atoms with van der Waals surface area (Å²) in [6.07, 6.45) is 5.95. The van der Waals surface area contributed by atoms with Crippen molar-refractivity contribution in [3.63, 3.8) is 0 Å². The molecule has 4 heterocycles. The molecule has 12 heteroatoms. The van der Waals surface area contributed by atoms with Crippen molar-refractivity contribution < 1.29 is 19.5 Å². The quantitative estimate of drug-likeness (QED) is 0.124. The van der Waals surface area contributed by atoms with Gasteiger partial charge in [-0.3, -0.25) is 14.5 Å². The number of H-pyrrole nitrogens is 2. The number of nitrogens with one attached hydrogen (secondary N) is 2. The molecule has 280 valence electrons. The molecule has 2 saturated heterocycles. The van der Waals surface area contributed by atoms with Crippen LogP contribution in [-0.2, 0) is 9.59 Å². The van der Waals surface area contributed by atoms with Gasteiger partial charge in [-0.15, -0.1) is 0 Å². The first-order chi connectivity index (χ1) is 26.2. The van der Waals surface area contributed by atoms with E-state index < -0.39 is 6.09 Å². The molecule has 2 aromatic heterocycles. The molecule has 2 aliphatic rings. The number of benzene rings is 3. The maximum absolute atomic E-state index is 14.2. The van der Waals surface area contributed by atoms with Crippen molar-refractivity contribution in [2.45, 2.75) is 57.7 Å². The van der Waals surface area contributed by atoms with Crippen LogP contribution >= 0.6 is 0 Å². The predicted octanol–water partition coefficient (Wildman–Crippen LogP) is 7.15. The Balaban J connectivity index is 1.01. The Morgan fingerprint density at radius 2 is 1.22 bits per heavy atom. The molecule has 0 aliphatic carbocycles. The third-order valence-corrected chi connectivity index (χ3v) is 10.9. The summed E-state index contributed by atoms with van der Waals surface area (Å²) in [5.41, 5.74) is 6.95. The number of nitrogens with zero attached hydrogens (tertiary/aromatic N) is 6. The number of likely N-dealkylation sites (tertiary alicyclic amines) is 2. The van der Waals surface area contributed by atoms with E-state index in [-0.39, 0.29) is 36.5 Å². The highest BCUT2D eigenvalue weighted by atomic mass is 16.4. The van der Waals surface area contributed by atoms with Crippen LogP contribution in [0.1, 0.15) is 74.9 Å². The Hall–Kier alpha value is -5.75. The normalized spacial score (nSPS) is 17.6. The van der Waals surface area contributed by atoms with Crippen LogP contribution in [0.2, 0.25) is 0 Å². The van der Waals surface area contributed by atoms with Gasteiger partial charge in [0.05, 0.1) is 35.9 Å². The lowest BCUT2D eigenvalue weighted by atomic mass is 10.0. The van der Waals surface area contributed by atoms with Gasteiger partial charge >= 0.3 is 6.09 Å². The topological polar surface area (TPSA) is 142 Å². The van der Waals surface area contributed by atoms with Gasteiger partial charge in [0.25, 0.3) is 0 Å². The first kappa shape index (κ1) is 36.6. The minimum Gasteiger partial charge on any atom is -0.465 e. The zero-order chi connectivity index (χ0) is 37.8. The number of rotatable bonds is 12. The molecule has 54 heavy (non-hydrogen) atoms. The average Bonchev–Trinajstić information content (AvgIpc) is 4.04. The molecule has 0 spiro atoms. The second-order valence-electron chi connectivity index (χ2n) is 14.1. The van der Waals surface area contributed by atoms with Gasteiger partial charge in [-0.05, 0) is 66.6 Å². The number of aromatic nitrogens is 4. The molecule has 2 fully saturated rings. The number of carboxylic acid groups (broad SMARTS) is 1. The average molecular weight is 729 g/mol. The van der Waals surface area contributed by atoms with Crippen molar-refractivity contribution in [2.24, 2.45) is 0 Å². The fraction of sp³-hybridized carbons (Fsp3) is 0.357. The minimum atomic E-state index is -1.13. The zero-order valence-electron chi connectivity index (χ0n) is 31.1. The van der Waals surface area contributed by atoms with Gasteiger partial charge in [0.15, 0.2) is 0 Å². The van der Waals surface area contributed by atoms with Gasteiger partial charge in [0.2, 0.25) is 11.8 Å². The Kier molecular flexibility index (Phi) is 10.9. The smallest absolute Gasteiger partial charge is 0.407 e. The maximum Gasteiger partial charge on any atom is 0.407 e. The van der Waals surface area contributed by atoms with Crippen LogP contribution in [0.4, 0.5) is 4.79 Å². The van der Waals surface area contributed by atoms with E-state index in [0.717, 1.165) is 88.7 Å². The monoisotopic (exact) mass is 728 g/mol. The van der Waals surface area contributed by atoms with Crippen LogP contribution in [0.3, 0.4) is 0 Å². The van der Waals surface area contributed by atoms with E-state index in [1.807, 2.05) is 29.3 Å². The van der Waals surface area contributed by atoms with Crippen LogP contribution in [-0.4, -0.2) is 102 Å². The molecule has 3 amide bonds. The molecule has 0 bridgehead atoms. The van der Waals surface area contributed by atoms with Crippen LogP contribution in [0.15, 0.2) is 91.3 Å². The van der Waals surface area contributed by atoms with Crippen molar-refractivity contribution in [1.29, 1.82) is 0 Å². The first-order valence-electron chi connectivity index (χ1n) is 18.9. The van der Waals surface area contributed by atoms with Gasteiger partial charge in [0, 0.05) is 20.1 Å². The van der Waals surface area contributed by atoms with Gasteiger partial charge < -0.3 is 29.8 Å². The van der Waals surface area contributed by atoms with Gasteiger partial charge in [-0.25, -0.2) is 14.8 Å².